The van der Waals surface area contributed by atoms with E-state index < -0.39 is 6.04 Å². The molecule has 0 spiro atoms. The summed E-state index contributed by atoms with van der Waals surface area (Å²) in [5, 5.41) is 3.16. The summed E-state index contributed by atoms with van der Waals surface area (Å²) in [4.78, 5) is 37.8. The first-order chi connectivity index (χ1) is 13.4. The molecule has 8 heteroatoms. The molecule has 144 valence electrons. The Morgan fingerprint density at radius 3 is 2.79 bits per heavy atom. The number of amides is 2. The standard InChI is InChI=1S/C20H16Cl2N2O4/c21-14-3-1-2-12(18(14)22)10-28-19-13-9-24(8-11(13)4-6-16(19)25)15-5-7-17(26)23-20(15)27/h1-4,6,8,15H,5,7,9-10H2,(H,23,26,27). The molecule has 2 aliphatic heterocycles. The minimum Gasteiger partial charge on any atom is -0.484 e. The van der Waals surface area contributed by atoms with Crippen molar-refractivity contribution in [1.29, 1.82) is 0 Å². The molecule has 1 atom stereocenters. The van der Waals surface area contributed by atoms with Gasteiger partial charge in [-0.05, 0) is 30.2 Å². The first kappa shape index (κ1) is 18.8. The fraction of sp³-hybridized carbons (Fsp3) is 0.250. The van der Waals surface area contributed by atoms with Crippen molar-refractivity contribution in [2.75, 3.05) is 6.54 Å². The van der Waals surface area contributed by atoms with Gasteiger partial charge >= 0.3 is 0 Å². The van der Waals surface area contributed by atoms with Crippen LogP contribution in [-0.4, -0.2) is 35.1 Å². The minimum atomic E-state index is -0.449. The second-order valence-electron chi connectivity index (χ2n) is 6.73. The van der Waals surface area contributed by atoms with E-state index in [1.54, 1.807) is 24.3 Å². The molecule has 28 heavy (non-hydrogen) atoms. The number of nitrogens with one attached hydrogen (secondary N) is 1. The molecule has 1 unspecified atom stereocenters. The molecule has 1 aliphatic carbocycles. The SMILES string of the molecule is O=C1CCC(N2C=C3C=CC(=O)C(OCc4cccc(Cl)c4Cl)=C3C2)C(=O)N1. The molecule has 2 amide bonds. The van der Waals surface area contributed by atoms with Crippen molar-refractivity contribution in [3.8, 4) is 0 Å². The number of ketones is 1. The zero-order valence-electron chi connectivity index (χ0n) is 14.7. The third kappa shape index (κ3) is 3.45. The van der Waals surface area contributed by atoms with Gasteiger partial charge in [0.2, 0.25) is 17.6 Å². The Bertz CT molecular complexity index is 980. The van der Waals surface area contributed by atoms with Crippen LogP contribution >= 0.6 is 23.2 Å². The Morgan fingerprint density at radius 1 is 1.18 bits per heavy atom. The second-order valence-corrected chi connectivity index (χ2v) is 7.52. The highest BCUT2D eigenvalue weighted by atomic mass is 35.5. The lowest BCUT2D eigenvalue weighted by atomic mass is 10.00. The van der Waals surface area contributed by atoms with Gasteiger partial charge in [0.1, 0.15) is 12.6 Å². The van der Waals surface area contributed by atoms with Gasteiger partial charge in [0.15, 0.2) is 5.76 Å². The normalized spacial score (nSPS) is 21.6. The summed E-state index contributed by atoms with van der Waals surface area (Å²) in [7, 11) is 0. The number of carbonyl (C=O) groups excluding carboxylic acids is 3. The van der Waals surface area contributed by atoms with Crippen molar-refractivity contribution in [3.63, 3.8) is 0 Å². The Labute approximate surface area is 171 Å². The predicted molar refractivity (Wildman–Crippen MR) is 103 cm³/mol. The first-order valence-electron chi connectivity index (χ1n) is 8.77. The molecule has 3 aliphatic rings. The first-order valence-corrected chi connectivity index (χ1v) is 9.52. The van der Waals surface area contributed by atoms with E-state index >= 15 is 0 Å². The van der Waals surface area contributed by atoms with Gasteiger partial charge in [-0.1, -0.05) is 35.3 Å². The lowest BCUT2D eigenvalue weighted by Crippen LogP contribution is -2.50. The highest BCUT2D eigenvalue weighted by Gasteiger charge is 2.36. The molecule has 0 bridgehead atoms. The summed E-state index contributed by atoms with van der Waals surface area (Å²) in [5.74, 6) is -0.590. The Morgan fingerprint density at radius 2 is 2.00 bits per heavy atom. The molecule has 6 nitrogen and oxygen atoms in total. The van der Waals surface area contributed by atoms with Gasteiger partial charge in [-0.3, -0.25) is 19.7 Å². The molecule has 0 aromatic heterocycles. The van der Waals surface area contributed by atoms with Gasteiger partial charge in [0, 0.05) is 30.3 Å². The summed E-state index contributed by atoms with van der Waals surface area (Å²) in [6, 6.07) is 4.78. The molecular formula is C20H16Cl2N2O4. The van der Waals surface area contributed by atoms with Crippen LogP contribution in [0, 0.1) is 0 Å². The smallest absolute Gasteiger partial charge is 0.249 e. The largest absolute Gasteiger partial charge is 0.484 e. The summed E-state index contributed by atoms with van der Waals surface area (Å²) < 4.78 is 5.82. The molecular weight excluding hydrogens is 403 g/mol. The van der Waals surface area contributed by atoms with Crippen LogP contribution in [0.5, 0.6) is 0 Å². The minimum absolute atomic E-state index is 0.101. The number of rotatable bonds is 4. The van der Waals surface area contributed by atoms with Crippen LogP contribution in [0.25, 0.3) is 0 Å². The number of benzene rings is 1. The summed E-state index contributed by atoms with van der Waals surface area (Å²) in [6.45, 7) is 0.458. The molecule has 1 fully saturated rings. The number of piperidine rings is 1. The lowest BCUT2D eigenvalue weighted by Gasteiger charge is -2.29. The summed E-state index contributed by atoms with van der Waals surface area (Å²) >= 11 is 12.2. The van der Waals surface area contributed by atoms with Gasteiger partial charge in [-0.2, -0.15) is 0 Å². The number of allylic oxidation sites excluding steroid dienone is 2. The van der Waals surface area contributed by atoms with E-state index in [1.165, 1.54) is 6.08 Å². The van der Waals surface area contributed by atoms with E-state index in [2.05, 4.69) is 5.32 Å². The van der Waals surface area contributed by atoms with Crippen molar-refractivity contribution >= 4 is 40.8 Å². The number of fused-ring (bicyclic) bond motifs is 1. The molecule has 1 aromatic carbocycles. The number of hydrogen-bond acceptors (Lipinski definition) is 5. The fourth-order valence-electron chi connectivity index (χ4n) is 3.48. The number of carbonyl (C=O) groups is 3. The van der Waals surface area contributed by atoms with Crippen LogP contribution in [0.15, 0.2) is 53.5 Å². The maximum absolute atomic E-state index is 12.4. The maximum atomic E-state index is 12.4. The highest BCUT2D eigenvalue weighted by molar-refractivity contribution is 6.42. The number of halogens is 2. The highest BCUT2D eigenvalue weighted by Crippen LogP contribution is 2.33. The zero-order valence-corrected chi connectivity index (χ0v) is 16.2. The van der Waals surface area contributed by atoms with Crippen molar-refractivity contribution in [1.82, 2.24) is 10.2 Å². The van der Waals surface area contributed by atoms with E-state index in [1.807, 2.05) is 11.1 Å². The zero-order chi connectivity index (χ0) is 19.8. The summed E-state index contributed by atoms with van der Waals surface area (Å²) in [5.41, 5.74) is 2.21. The van der Waals surface area contributed by atoms with Crippen LogP contribution in [0.4, 0.5) is 0 Å². The quantitative estimate of drug-likeness (QED) is 0.760. The fourth-order valence-corrected chi connectivity index (χ4v) is 3.85. The van der Waals surface area contributed by atoms with Gasteiger partial charge < -0.3 is 9.64 Å². The van der Waals surface area contributed by atoms with Gasteiger partial charge in [0.25, 0.3) is 0 Å². The van der Waals surface area contributed by atoms with Crippen LogP contribution < -0.4 is 5.32 Å². The van der Waals surface area contributed by atoms with Crippen molar-refractivity contribution in [2.24, 2.45) is 0 Å². The Kier molecular flexibility index (Phi) is 5.00. The Hall–Kier alpha value is -2.57. The van der Waals surface area contributed by atoms with Gasteiger partial charge in [-0.25, -0.2) is 0 Å². The van der Waals surface area contributed by atoms with Crippen LogP contribution in [-0.2, 0) is 25.7 Å². The van der Waals surface area contributed by atoms with Crippen LogP contribution in [0.3, 0.4) is 0 Å². The average molecular weight is 419 g/mol. The average Bonchev–Trinajstić information content (AvgIpc) is 3.08. The topological polar surface area (TPSA) is 75.7 Å². The predicted octanol–water partition coefficient (Wildman–Crippen LogP) is 2.91. The molecule has 2 heterocycles. The molecule has 1 saturated heterocycles. The van der Waals surface area contributed by atoms with E-state index in [0.29, 0.717) is 35.0 Å². The van der Waals surface area contributed by atoms with Crippen LogP contribution in [0.2, 0.25) is 10.0 Å². The van der Waals surface area contributed by atoms with E-state index in [4.69, 9.17) is 27.9 Å². The third-order valence-electron chi connectivity index (χ3n) is 4.92. The van der Waals surface area contributed by atoms with Gasteiger partial charge in [0.05, 0.1) is 10.0 Å². The van der Waals surface area contributed by atoms with Crippen molar-refractivity contribution in [2.45, 2.75) is 25.5 Å². The number of hydrogen-bond donors (Lipinski definition) is 1. The maximum Gasteiger partial charge on any atom is 0.249 e. The number of ether oxygens (including phenoxy) is 1. The molecule has 0 saturated carbocycles. The second kappa shape index (κ2) is 7.45. The summed E-state index contributed by atoms with van der Waals surface area (Å²) in [6.07, 6.45) is 5.71. The van der Waals surface area contributed by atoms with E-state index in [0.717, 1.165) is 11.1 Å². The third-order valence-corrected chi connectivity index (χ3v) is 5.78. The lowest BCUT2D eigenvalue weighted by molar-refractivity contribution is -0.136. The van der Waals surface area contributed by atoms with Crippen molar-refractivity contribution in [3.05, 3.63) is 69.1 Å². The molecule has 0 radical (unpaired) electrons. The number of imide groups is 1. The molecule has 1 N–H and O–H groups in total. The van der Waals surface area contributed by atoms with Gasteiger partial charge in [-0.15, -0.1) is 0 Å². The van der Waals surface area contributed by atoms with E-state index in [-0.39, 0.29) is 30.0 Å². The molecule has 4 rings (SSSR count). The van der Waals surface area contributed by atoms with Crippen LogP contribution in [0.1, 0.15) is 18.4 Å². The number of nitrogens with zero attached hydrogens (tertiary/aromatic N) is 1. The molecule has 1 aromatic rings. The monoisotopic (exact) mass is 418 g/mol. The van der Waals surface area contributed by atoms with E-state index in [9.17, 15) is 14.4 Å². The Balaban J connectivity index is 1.55. The van der Waals surface area contributed by atoms with Crippen molar-refractivity contribution < 1.29 is 19.1 Å².